The highest BCUT2D eigenvalue weighted by atomic mass is 79.9. The molecule has 10 heteroatoms. The zero-order chi connectivity index (χ0) is 21.0. The molecule has 1 heterocycles. The van der Waals surface area contributed by atoms with E-state index in [0.29, 0.717) is 33.4 Å². The number of methoxy groups -OCH3 is 4. The van der Waals surface area contributed by atoms with Gasteiger partial charge in [-0.05, 0) is 64.0 Å². The Morgan fingerprint density at radius 3 is 2.21 bits per heavy atom. The summed E-state index contributed by atoms with van der Waals surface area (Å²) in [4.78, 5) is 0. The molecule has 1 aromatic heterocycles. The molecular formula is C19H19BrN4O4S. The first kappa shape index (κ1) is 20.9. The molecule has 0 bridgehead atoms. The van der Waals surface area contributed by atoms with Crippen molar-refractivity contribution in [2.24, 2.45) is 5.10 Å². The fourth-order valence-corrected chi connectivity index (χ4v) is 3.42. The molecule has 0 aliphatic rings. The number of ether oxygens (including phenoxy) is 4. The van der Waals surface area contributed by atoms with Crippen LogP contribution in [0.1, 0.15) is 5.56 Å². The molecule has 0 saturated heterocycles. The number of nitrogens with zero attached hydrogens (tertiary/aromatic N) is 3. The monoisotopic (exact) mass is 478 g/mol. The average molecular weight is 479 g/mol. The second kappa shape index (κ2) is 9.10. The number of benzene rings is 2. The number of halogens is 1. The molecule has 29 heavy (non-hydrogen) atoms. The van der Waals surface area contributed by atoms with Gasteiger partial charge in [0.1, 0.15) is 5.75 Å². The molecule has 152 valence electrons. The summed E-state index contributed by atoms with van der Waals surface area (Å²) in [5.74, 6) is 2.74. The van der Waals surface area contributed by atoms with E-state index in [9.17, 15) is 0 Å². The minimum atomic E-state index is 0.345. The van der Waals surface area contributed by atoms with E-state index in [0.717, 1.165) is 15.8 Å². The summed E-state index contributed by atoms with van der Waals surface area (Å²) in [7, 11) is 6.27. The summed E-state index contributed by atoms with van der Waals surface area (Å²) in [6.07, 6.45) is 1.68. The molecule has 2 aromatic carbocycles. The molecular weight excluding hydrogens is 460 g/mol. The molecule has 0 saturated carbocycles. The molecule has 0 aliphatic carbocycles. The maximum absolute atomic E-state index is 5.42. The number of H-pyrrole nitrogens is 1. The van der Waals surface area contributed by atoms with E-state index in [-0.39, 0.29) is 0 Å². The lowest BCUT2D eigenvalue weighted by molar-refractivity contribution is 0.324. The number of aromatic nitrogens is 3. The number of rotatable bonds is 7. The minimum Gasteiger partial charge on any atom is -0.496 e. The molecule has 0 unspecified atom stereocenters. The molecule has 0 spiro atoms. The molecule has 1 N–H and O–H groups in total. The number of nitrogens with one attached hydrogen (secondary N) is 1. The van der Waals surface area contributed by atoms with Crippen molar-refractivity contribution in [3.63, 3.8) is 0 Å². The van der Waals surface area contributed by atoms with Crippen LogP contribution in [0.2, 0.25) is 0 Å². The first-order valence-corrected chi connectivity index (χ1v) is 9.58. The predicted octanol–water partition coefficient (Wildman–Crippen LogP) is 4.29. The van der Waals surface area contributed by atoms with Crippen LogP contribution in [-0.4, -0.2) is 49.5 Å². The van der Waals surface area contributed by atoms with Gasteiger partial charge in [0.05, 0.1) is 39.1 Å². The Balaban J connectivity index is 2.04. The molecule has 8 nitrogen and oxygen atoms in total. The maximum Gasteiger partial charge on any atom is 0.216 e. The Morgan fingerprint density at radius 2 is 1.66 bits per heavy atom. The van der Waals surface area contributed by atoms with Crippen molar-refractivity contribution in [3.05, 3.63) is 45.1 Å². The van der Waals surface area contributed by atoms with Crippen LogP contribution >= 0.6 is 28.1 Å². The Hall–Kier alpha value is -2.85. The lowest BCUT2D eigenvalue weighted by Crippen LogP contribution is -1.99. The third-order valence-electron chi connectivity index (χ3n) is 4.07. The first-order chi connectivity index (χ1) is 14.0. The van der Waals surface area contributed by atoms with Crippen LogP contribution in [0.4, 0.5) is 0 Å². The third kappa shape index (κ3) is 4.28. The Morgan fingerprint density at radius 1 is 1.00 bits per heavy atom. The maximum atomic E-state index is 5.42. The smallest absolute Gasteiger partial charge is 0.216 e. The van der Waals surface area contributed by atoms with Gasteiger partial charge < -0.3 is 18.9 Å². The summed E-state index contributed by atoms with van der Waals surface area (Å²) >= 11 is 8.80. The lowest BCUT2D eigenvalue weighted by atomic mass is 10.1. The SMILES string of the molecule is COc1ccc(/C=N\n2c(-c3cc(OC)c(OC)c(OC)c3)n[nH]c2=S)cc1Br. The van der Waals surface area contributed by atoms with Gasteiger partial charge >= 0.3 is 0 Å². The van der Waals surface area contributed by atoms with Gasteiger partial charge in [-0.1, -0.05) is 0 Å². The molecule has 0 radical (unpaired) electrons. The van der Waals surface area contributed by atoms with Gasteiger partial charge in [0.25, 0.3) is 0 Å². The van der Waals surface area contributed by atoms with E-state index in [1.54, 1.807) is 46.8 Å². The summed E-state index contributed by atoms with van der Waals surface area (Å²) in [6.45, 7) is 0. The van der Waals surface area contributed by atoms with Gasteiger partial charge in [-0.15, -0.1) is 0 Å². The Kier molecular flexibility index (Phi) is 6.55. The fourth-order valence-electron chi connectivity index (χ4n) is 2.68. The summed E-state index contributed by atoms with van der Waals surface area (Å²) < 4.78 is 24.1. The first-order valence-electron chi connectivity index (χ1n) is 8.38. The molecule has 3 rings (SSSR count). The topological polar surface area (TPSA) is 82.9 Å². The molecule has 3 aromatic rings. The van der Waals surface area contributed by atoms with Crippen molar-refractivity contribution in [2.75, 3.05) is 28.4 Å². The second-order valence-corrected chi connectivity index (χ2v) is 6.96. The van der Waals surface area contributed by atoms with Gasteiger partial charge in [0.2, 0.25) is 10.5 Å². The highest BCUT2D eigenvalue weighted by Gasteiger charge is 2.17. The van der Waals surface area contributed by atoms with Crippen molar-refractivity contribution < 1.29 is 18.9 Å². The fraction of sp³-hybridized carbons (Fsp3) is 0.211. The van der Waals surface area contributed by atoms with E-state index >= 15 is 0 Å². The average Bonchev–Trinajstić information content (AvgIpc) is 3.11. The molecule has 0 atom stereocenters. The van der Waals surface area contributed by atoms with Crippen molar-refractivity contribution in [2.45, 2.75) is 0 Å². The van der Waals surface area contributed by atoms with Gasteiger partial charge in [0.15, 0.2) is 17.3 Å². The van der Waals surface area contributed by atoms with Crippen molar-refractivity contribution in [1.29, 1.82) is 0 Å². The van der Waals surface area contributed by atoms with Gasteiger partial charge in [-0.2, -0.15) is 14.9 Å². The van der Waals surface area contributed by atoms with Crippen molar-refractivity contribution in [3.8, 4) is 34.4 Å². The predicted molar refractivity (Wildman–Crippen MR) is 116 cm³/mol. The lowest BCUT2D eigenvalue weighted by Gasteiger charge is -2.13. The van der Waals surface area contributed by atoms with Gasteiger partial charge in [-0.3, -0.25) is 0 Å². The van der Waals surface area contributed by atoms with Crippen LogP contribution < -0.4 is 18.9 Å². The van der Waals surface area contributed by atoms with Gasteiger partial charge in [0, 0.05) is 5.56 Å². The number of hydrogen-bond donors (Lipinski definition) is 1. The Bertz CT molecular complexity index is 1080. The third-order valence-corrected chi connectivity index (χ3v) is 4.96. The highest BCUT2D eigenvalue weighted by Crippen LogP contribution is 2.40. The van der Waals surface area contributed by atoms with Crippen LogP contribution in [0.3, 0.4) is 0 Å². The zero-order valence-corrected chi connectivity index (χ0v) is 18.6. The largest absolute Gasteiger partial charge is 0.496 e. The number of hydrogen-bond acceptors (Lipinski definition) is 7. The summed E-state index contributed by atoms with van der Waals surface area (Å²) in [6, 6.07) is 9.19. The highest BCUT2D eigenvalue weighted by molar-refractivity contribution is 9.10. The molecule has 0 aliphatic heterocycles. The van der Waals surface area contributed by atoms with Crippen LogP contribution in [0.5, 0.6) is 23.0 Å². The van der Waals surface area contributed by atoms with Crippen LogP contribution in [0.25, 0.3) is 11.4 Å². The zero-order valence-electron chi connectivity index (χ0n) is 16.2. The van der Waals surface area contributed by atoms with E-state index in [4.69, 9.17) is 31.2 Å². The summed E-state index contributed by atoms with van der Waals surface area (Å²) in [5, 5.41) is 11.5. The van der Waals surface area contributed by atoms with E-state index in [1.807, 2.05) is 18.2 Å². The van der Waals surface area contributed by atoms with Crippen LogP contribution in [-0.2, 0) is 0 Å². The van der Waals surface area contributed by atoms with Crippen LogP contribution in [0.15, 0.2) is 39.9 Å². The van der Waals surface area contributed by atoms with E-state index < -0.39 is 0 Å². The Labute approximate surface area is 181 Å². The molecule has 0 amide bonds. The molecule has 0 fully saturated rings. The second-order valence-electron chi connectivity index (χ2n) is 5.72. The van der Waals surface area contributed by atoms with Crippen molar-refractivity contribution in [1.82, 2.24) is 14.9 Å². The van der Waals surface area contributed by atoms with Crippen LogP contribution in [0, 0.1) is 4.77 Å². The standard InChI is InChI=1S/C19H19BrN4O4S/c1-25-14-6-5-11(7-13(14)20)10-21-24-18(22-23-19(24)29)12-8-15(26-2)17(28-4)16(9-12)27-3/h5-10H,1-4H3,(H,23,29)/b21-10-. The van der Waals surface area contributed by atoms with E-state index in [1.165, 1.54) is 4.68 Å². The number of aromatic amines is 1. The van der Waals surface area contributed by atoms with Gasteiger partial charge in [-0.25, -0.2) is 5.10 Å². The van der Waals surface area contributed by atoms with Crippen molar-refractivity contribution >= 4 is 34.4 Å². The van der Waals surface area contributed by atoms with E-state index in [2.05, 4.69) is 31.2 Å². The summed E-state index contributed by atoms with van der Waals surface area (Å²) in [5.41, 5.74) is 1.55. The minimum absolute atomic E-state index is 0.345. The normalized spacial score (nSPS) is 10.9. The quantitative estimate of drug-likeness (QED) is 0.402.